The third-order valence-corrected chi connectivity index (χ3v) is 4.33. The molecule has 2 rings (SSSR count). The third kappa shape index (κ3) is 4.14. The lowest BCUT2D eigenvalue weighted by Gasteiger charge is -2.34. The summed E-state index contributed by atoms with van der Waals surface area (Å²) in [6.07, 6.45) is 2.60. The number of benzene rings is 1. The molecule has 0 radical (unpaired) electrons. The van der Waals surface area contributed by atoms with Gasteiger partial charge in [0.25, 0.3) is 0 Å². The maximum absolute atomic E-state index is 5.56. The molecule has 20 heavy (non-hydrogen) atoms. The molecule has 1 aliphatic rings. The van der Waals surface area contributed by atoms with Gasteiger partial charge in [0.05, 0.1) is 6.61 Å². The Balaban J connectivity index is 1.87. The highest BCUT2D eigenvalue weighted by atomic mass is 16.5. The predicted molar refractivity (Wildman–Crippen MR) is 85.5 cm³/mol. The molecule has 0 aromatic heterocycles. The summed E-state index contributed by atoms with van der Waals surface area (Å²) < 4.78 is 5.56. The summed E-state index contributed by atoms with van der Waals surface area (Å²) >= 11 is 0. The number of ether oxygens (including phenoxy) is 1. The smallest absolute Gasteiger partial charge is 0.121 e. The molecule has 0 spiro atoms. The molecule has 1 saturated heterocycles. The van der Waals surface area contributed by atoms with E-state index in [0.717, 1.165) is 11.7 Å². The molecule has 3 nitrogen and oxygen atoms in total. The first-order valence-corrected chi connectivity index (χ1v) is 7.94. The highest BCUT2D eigenvalue weighted by molar-refractivity contribution is 5.48. The van der Waals surface area contributed by atoms with Crippen LogP contribution in [-0.2, 0) is 0 Å². The van der Waals surface area contributed by atoms with Crippen LogP contribution in [0.4, 0.5) is 5.69 Å². The number of nitrogens with one attached hydrogen (secondary N) is 1. The molecule has 0 aliphatic carbocycles. The quantitative estimate of drug-likeness (QED) is 0.859. The van der Waals surface area contributed by atoms with Crippen molar-refractivity contribution in [2.75, 3.05) is 31.6 Å². The van der Waals surface area contributed by atoms with E-state index in [9.17, 15) is 0 Å². The van der Waals surface area contributed by atoms with Gasteiger partial charge in [-0.3, -0.25) is 0 Å². The van der Waals surface area contributed by atoms with Crippen LogP contribution in [0.3, 0.4) is 0 Å². The first-order chi connectivity index (χ1) is 9.72. The molecule has 0 amide bonds. The van der Waals surface area contributed by atoms with Crippen molar-refractivity contribution >= 4 is 5.69 Å². The Hall–Kier alpha value is -1.22. The minimum absolute atomic E-state index is 0.519. The molecule has 1 unspecified atom stereocenters. The fourth-order valence-corrected chi connectivity index (χ4v) is 2.99. The monoisotopic (exact) mass is 276 g/mol. The third-order valence-electron chi connectivity index (χ3n) is 4.33. The van der Waals surface area contributed by atoms with E-state index in [2.05, 4.69) is 42.3 Å². The molecule has 0 saturated carbocycles. The minimum Gasteiger partial charge on any atom is -0.494 e. The summed E-state index contributed by atoms with van der Waals surface area (Å²) in [4.78, 5) is 2.54. The molecular weight excluding hydrogens is 248 g/mol. The van der Waals surface area contributed by atoms with Crippen LogP contribution in [0.1, 0.15) is 33.6 Å². The SMILES string of the molecule is CCOc1cccc(NC(C)C2CCN(CC)CC2)c1. The number of anilines is 1. The Labute approximate surface area is 123 Å². The average molecular weight is 276 g/mol. The van der Waals surface area contributed by atoms with Crippen molar-refractivity contribution in [1.82, 2.24) is 4.90 Å². The summed E-state index contributed by atoms with van der Waals surface area (Å²) in [6, 6.07) is 8.81. The molecule has 1 fully saturated rings. The van der Waals surface area contributed by atoms with Crippen molar-refractivity contribution in [2.24, 2.45) is 5.92 Å². The predicted octanol–water partition coefficient (Wildman–Crippen LogP) is 3.62. The molecule has 1 atom stereocenters. The van der Waals surface area contributed by atoms with Crippen molar-refractivity contribution < 1.29 is 4.74 Å². The molecule has 0 bridgehead atoms. The number of hydrogen-bond donors (Lipinski definition) is 1. The molecule has 112 valence electrons. The van der Waals surface area contributed by atoms with E-state index in [1.165, 1.54) is 38.2 Å². The largest absolute Gasteiger partial charge is 0.494 e. The van der Waals surface area contributed by atoms with E-state index in [0.29, 0.717) is 12.6 Å². The number of hydrogen-bond acceptors (Lipinski definition) is 3. The van der Waals surface area contributed by atoms with Crippen LogP contribution in [0.25, 0.3) is 0 Å². The van der Waals surface area contributed by atoms with Gasteiger partial charge in [-0.05, 0) is 64.4 Å². The number of rotatable bonds is 6. The average Bonchev–Trinajstić information content (AvgIpc) is 2.48. The fourth-order valence-electron chi connectivity index (χ4n) is 2.99. The Morgan fingerprint density at radius 2 is 2.05 bits per heavy atom. The first kappa shape index (κ1) is 15.2. The van der Waals surface area contributed by atoms with Gasteiger partial charge in [0, 0.05) is 17.8 Å². The minimum atomic E-state index is 0.519. The number of likely N-dealkylation sites (tertiary alicyclic amines) is 1. The molecule has 1 aromatic carbocycles. The second-order valence-corrected chi connectivity index (χ2v) is 5.67. The van der Waals surface area contributed by atoms with Crippen molar-refractivity contribution in [1.29, 1.82) is 0 Å². The second kappa shape index (κ2) is 7.53. The lowest BCUT2D eigenvalue weighted by molar-refractivity contribution is 0.183. The van der Waals surface area contributed by atoms with E-state index < -0.39 is 0 Å². The van der Waals surface area contributed by atoms with Crippen LogP contribution < -0.4 is 10.1 Å². The summed E-state index contributed by atoms with van der Waals surface area (Å²) in [5, 5.41) is 3.64. The van der Waals surface area contributed by atoms with Crippen LogP contribution in [-0.4, -0.2) is 37.2 Å². The zero-order chi connectivity index (χ0) is 14.4. The zero-order valence-electron chi connectivity index (χ0n) is 13.1. The number of piperidine rings is 1. The van der Waals surface area contributed by atoms with Gasteiger partial charge in [0.15, 0.2) is 0 Å². The summed E-state index contributed by atoms with van der Waals surface area (Å²) in [6.45, 7) is 11.0. The molecular formula is C17H28N2O. The molecule has 3 heteroatoms. The normalized spacial score (nSPS) is 18.8. The number of nitrogens with zero attached hydrogens (tertiary/aromatic N) is 1. The first-order valence-electron chi connectivity index (χ1n) is 7.94. The molecule has 1 N–H and O–H groups in total. The van der Waals surface area contributed by atoms with E-state index in [1.807, 2.05) is 13.0 Å². The highest BCUT2D eigenvalue weighted by Gasteiger charge is 2.23. The van der Waals surface area contributed by atoms with Gasteiger partial charge in [-0.2, -0.15) is 0 Å². The van der Waals surface area contributed by atoms with E-state index in [4.69, 9.17) is 4.74 Å². The maximum atomic E-state index is 5.56. The van der Waals surface area contributed by atoms with Gasteiger partial charge in [0.1, 0.15) is 5.75 Å². The van der Waals surface area contributed by atoms with Crippen molar-refractivity contribution in [3.8, 4) is 5.75 Å². The van der Waals surface area contributed by atoms with Gasteiger partial charge in [-0.1, -0.05) is 13.0 Å². The van der Waals surface area contributed by atoms with Crippen molar-refractivity contribution in [2.45, 2.75) is 39.7 Å². The van der Waals surface area contributed by atoms with E-state index in [-0.39, 0.29) is 0 Å². The van der Waals surface area contributed by atoms with Crippen LogP contribution in [0.15, 0.2) is 24.3 Å². The Morgan fingerprint density at radius 1 is 1.30 bits per heavy atom. The lowest BCUT2D eigenvalue weighted by atomic mass is 9.90. The van der Waals surface area contributed by atoms with Crippen molar-refractivity contribution in [3.05, 3.63) is 24.3 Å². The van der Waals surface area contributed by atoms with Crippen molar-refractivity contribution in [3.63, 3.8) is 0 Å². The Bertz CT molecular complexity index is 400. The van der Waals surface area contributed by atoms with Gasteiger partial charge >= 0.3 is 0 Å². The topological polar surface area (TPSA) is 24.5 Å². The summed E-state index contributed by atoms with van der Waals surface area (Å²) in [5.41, 5.74) is 1.17. The molecule has 1 aliphatic heterocycles. The highest BCUT2D eigenvalue weighted by Crippen LogP contribution is 2.24. The summed E-state index contributed by atoms with van der Waals surface area (Å²) in [7, 11) is 0. The standard InChI is InChI=1S/C17H28N2O/c1-4-19-11-9-15(10-12-19)14(3)18-16-7-6-8-17(13-16)20-5-2/h6-8,13-15,18H,4-5,9-12H2,1-3H3. The second-order valence-electron chi connectivity index (χ2n) is 5.67. The Kier molecular flexibility index (Phi) is 5.72. The van der Waals surface area contributed by atoms with Crippen LogP contribution in [0.5, 0.6) is 5.75 Å². The molecule has 1 heterocycles. The van der Waals surface area contributed by atoms with Gasteiger partial charge in [0.2, 0.25) is 0 Å². The maximum Gasteiger partial charge on any atom is 0.121 e. The van der Waals surface area contributed by atoms with E-state index >= 15 is 0 Å². The van der Waals surface area contributed by atoms with E-state index in [1.54, 1.807) is 0 Å². The van der Waals surface area contributed by atoms with Crippen LogP contribution >= 0.6 is 0 Å². The van der Waals surface area contributed by atoms with Crippen LogP contribution in [0.2, 0.25) is 0 Å². The van der Waals surface area contributed by atoms with Crippen LogP contribution in [0, 0.1) is 5.92 Å². The fraction of sp³-hybridized carbons (Fsp3) is 0.647. The lowest BCUT2D eigenvalue weighted by Crippen LogP contribution is -2.39. The summed E-state index contributed by atoms with van der Waals surface area (Å²) in [5.74, 6) is 1.72. The van der Waals surface area contributed by atoms with Gasteiger partial charge in [-0.15, -0.1) is 0 Å². The van der Waals surface area contributed by atoms with Gasteiger partial charge < -0.3 is 15.0 Å². The van der Waals surface area contributed by atoms with Gasteiger partial charge in [-0.25, -0.2) is 0 Å². The molecule has 1 aromatic rings. The zero-order valence-corrected chi connectivity index (χ0v) is 13.1. The Morgan fingerprint density at radius 3 is 2.70 bits per heavy atom.